The molecular formula is C17H19N5O. The van der Waals surface area contributed by atoms with Crippen LogP contribution in [0.15, 0.2) is 36.9 Å². The summed E-state index contributed by atoms with van der Waals surface area (Å²) in [6, 6.07) is 3.76. The lowest BCUT2D eigenvalue weighted by molar-refractivity contribution is 0.0710. The summed E-state index contributed by atoms with van der Waals surface area (Å²) in [5, 5.41) is 0. The van der Waals surface area contributed by atoms with Crippen molar-refractivity contribution in [2.24, 2.45) is 0 Å². The molecule has 4 rings (SSSR count). The molecule has 23 heavy (non-hydrogen) atoms. The van der Waals surface area contributed by atoms with Crippen LogP contribution in [0.1, 0.15) is 40.6 Å². The molecule has 0 aromatic carbocycles. The normalized spacial score (nSPS) is 16.1. The van der Waals surface area contributed by atoms with Gasteiger partial charge in [0, 0.05) is 43.8 Å². The van der Waals surface area contributed by atoms with Gasteiger partial charge in [-0.25, -0.2) is 9.97 Å². The van der Waals surface area contributed by atoms with Gasteiger partial charge in [-0.05, 0) is 31.9 Å². The van der Waals surface area contributed by atoms with Gasteiger partial charge in [0.1, 0.15) is 11.5 Å². The van der Waals surface area contributed by atoms with E-state index in [0.717, 1.165) is 43.1 Å². The Kier molecular flexibility index (Phi) is 3.37. The molecule has 0 saturated carbocycles. The molecule has 6 heteroatoms. The molecule has 1 N–H and O–H groups in total. The zero-order valence-corrected chi connectivity index (χ0v) is 13.1. The van der Waals surface area contributed by atoms with Gasteiger partial charge in [-0.15, -0.1) is 0 Å². The molecule has 0 radical (unpaired) electrons. The van der Waals surface area contributed by atoms with E-state index in [2.05, 4.69) is 15.0 Å². The highest BCUT2D eigenvalue weighted by atomic mass is 16.2. The number of hydrogen-bond donors (Lipinski definition) is 1. The standard InChI is InChI=1S/C17H19N5O/c1-12-10-22-11-14(2-3-15(22)20-12)17(23)21-8-4-13(5-9-21)16-18-6-7-19-16/h2-3,6-7,10-11,13H,4-5,8-9H2,1H3,(H,18,19). The third kappa shape index (κ3) is 2.60. The van der Waals surface area contributed by atoms with E-state index < -0.39 is 0 Å². The Morgan fingerprint density at radius 2 is 2.09 bits per heavy atom. The number of aryl methyl sites for hydroxylation is 1. The predicted octanol–water partition coefficient (Wildman–Crippen LogP) is 2.39. The van der Waals surface area contributed by atoms with Crippen molar-refractivity contribution in [2.45, 2.75) is 25.7 Å². The quantitative estimate of drug-likeness (QED) is 0.790. The van der Waals surface area contributed by atoms with E-state index in [1.165, 1.54) is 0 Å². The van der Waals surface area contributed by atoms with E-state index in [9.17, 15) is 4.79 Å². The number of fused-ring (bicyclic) bond motifs is 1. The maximum atomic E-state index is 12.7. The Balaban J connectivity index is 1.48. The summed E-state index contributed by atoms with van der Waals surface area (Å²) in [5.74, 6) is 1.55. The number of nitrogens with one attached hydrogen (secondary N) is 1. The first kappa shape index (κ1) is 14.0. The van der Waals surface area contributed by atoms with Crippen molar-refractivity contribution >= 4 is 11.6 Å². The zero-order chi connectivity index (χ0) is 15.8. The third-order valence-electron chi connectivity index (χ3n) is 4.51. The number of rotatable bonds is 2. The van der Waals surface area contributed by atoms with Gasteiger partial charge in [-0.2, -0.15) is 0 Å². The molecule has 0 atom stereocenters. The molecule has 118 valence electrons. The minimum Gasteiger partial charge on any atom is -0.348 e. The molecule has 0 bridgehead atoms. The van der Waals surface area contributed by atoms with Gasteiger partial charge < -0.3 is 14.3 Å². The SMILES string of the molecule is Cc1cn2cc(C(=O)N3CCC(c4ncc[nH]4)CC3)ccc2n1. The second-order valence-electron chi connectivity index (χ2n) is 6.11. The van der Waals surface area contributed by atoms with Gasteiger partial charge in [0.15, 0.2) is 0 Å². The van der Waals surface area contributed by atoms with Crippen LogP contribution in [-0.4, -0.2) is 43.2 Å². The van der Waals surface area contributed by atoms with Gasteiger partial charge in [0.25, 0.3) is 5.91 Å². The van der Waals surface area contributed by atoms with Crippen LogP contribution in [0.5, 0.6) is 0 Å². The van der Waals surface area contributed by atoms with E-state index in [0.29, 0.717) is 11.5 Å². The van der Waals surface area contributed by atoms with Crippen LogP contribution in [0.4, 0.5) is 0 Å². The fraction of sp³-hybridized carbons (Fsp3) is 0.353. The summed E-state index contributed by atoms with van der Waals surface area (Å²) in [7, 11) is 0. The first-order valence-electron chi connectivity index (χ1n) is 7.94. The van der Waals surface area contributed by atoms with Crippen LogP contribution < -0.4 is 0 Å². The highest BCUT2D eigenvalue weighted by molar-refractivity contribution is 5.94. The van der Waals surface area contributed by atoms with Crippen molar-refractivity contribution < 1.29 is 4.79 Å². The third-order valence-corrected chi connectivity index (χ3v) is 4.51. The number of imidazole rings is 2. The number of aromatic amines is 1. The number of nitrogens with zero attached hydrogens (tertiary/aromatic N) is 4. The van der Waals surface area contributed by atoms with Crippen molar-refractivity contribution in [3.8, 4) is 0 Å². The first-order valence-corrected chi connectivity index (χ1v) is 7.94. The molecule has 1 amide bonds. The maximum Gasteiger partial charge on any atom is 0.255 e. The van der Waals surface area contributed by atoms with Crippen molar-refractivity contribution in [2.75, 3.05) is 13.1 Å². The predicted molar refractivity (Wildman–Crippen MR) is 86.4 cm³/mol. The van der Waals surface area contributed by atoms with Gasteiger partial charge in [0.05, 0.1) is 11.3 Å². The van der Waals surface area contributed by atoms with Crippen LogP contribution in [0.2, 0.25) is 0 Å². The minimum atomic E-state index is 0.0937. The fourth-order valence-corrected chi connectivity index (χ4v) is 3.28. The fourth-order valence-electron chi connectivity index (χ4n) is 3.28. The second-order valence-corrected chi connectivity index (χ2v) is 6.11. The van der Waals surface area contributed by atoms with E-state index in [4.69, 9.17) is 0 Å². The molecule has 4 heterocycles. The monoisotopic (exact) mass is 309 g/mol. The topological polar surface area (TPSA) is 66.3 Å². The molecule has 0 unspecified atom stereocenters. The van der Waals surface area contributed by atoms with E-state index in [1.54, 1.807) is 6.20 Å². The minimum absolute atomic E-state index is 0.0937. The van der Waals surface area contributed by atoms with Crippen LogP contribution in [0.25, 0.3) is 5.65 Å². The highest BCUT2D eigenvalue weighted by Crippen LogP contribution is 2.26. The summed E-state index contributed by atoms with van der Waals surface area (Å²) in [6.07, 6.45) is 9.35. The summed E-state index contributed by atoms with van der Waals surface area (Å²) in [4.78, 5) is 26.6. The Hall–Kier alpha value is -2.63. The molecule has 0 spiro atoms. The van der Waals surface area contributed by atoms with Crippen molar-refractivity contribution in [3.63, 3.8) is 0 Å². The average Bonchev–Trinajstić information content (AvgIpc) is 3.22. The molecule has 3 aromatic heterocycles. The van der Waals surface area contributed by atoms with Crippen molar-refractivity contribution in [1.82, 2.24) is 24.3 Å². The number of aromatic nitrogens is 4. The summed E-state index contributed by atoms with van der Waals surface area (Å²) < 4.78 is 1.91. The Labute approximate surface area is 134 Å². The molecule has 1 aliphatic heterocycles. The molecule has 6 nitrogen and oxygen atoms in total. The molecule has 0 aliphatic carbocycles. The van der Waals surface area contributed by atoms with Crippen LogP contribution in [-0.2, 0) is 0 Å². The van der Waals surface area contributed by atoms with E-state index >= 15 is 0 Å². The van der Waals surface area contributed by atoms with Crippen molar-refractivity contribution in [3.05, 3.63) is 54.0 Å². The molecular weight excluding hydrogens is 290 g/mol. The molecule has 1 fully saturated rings. The van der Waals surface area contributed by atoms with E-state index in [1.807, 2.05) is 46.9 Å². The lowest BCUT2D eigenvalue weighted by Crippen LogP contribution is -2.38. The first-order chi connectivity index (χ1) is 11.2. The Bertz CT molecular complexity index is 828. The van der Waals surface area contributed by atoms with Crippen LogP contribution in [0, 0.1) is 6.92 Å². The summed E-state index contributed by atoms with van der Waals surface area (Å²) in [6.45, 7) is 3.49. The molecule has 1 aliphatic rings. The maximum absolute atomic E-state index is 12.7. The van der Waals surface area contributed by atoms with E-state index in [-0.39, 0.29) is 5.91 Å². The zero-order valence-electron chi connectivity index (χ0n) is 13.1. The number of hydrogen-bond acceptors (Lipinski definition) is 3. The number of pyridine rings is 1. The lowest BCUT2D eigenvalue weighted by atomic mass is 9.96. The van der Waals surface area contributed by atoms with Crippen LogP contribution >= 0.6 is 0 Å². The smallest absolute Gasteiger partial charge is 0.255 e. The van der Waals surface area contributed by atoms with Gasteiger partial charge in [0.2, 0.25) is 0 Å². The summed E-state index contributed by atoms with van der Waals surface area (Å²) in [5.41, 5.74) is 2.54. The number of piperidine rings is 1. The lowest BCUT2D eigenvalue weighted by Gasteiger charge is -2.31. The van der Waals surface area contributed by atoms with Gasteiger partial charge >= 0.3 is 0 Å². The Morgan fingerprint density at radius 3 is 2.83 bits per heavy atom. The van der Waals surface area contributed by atoms with Gasteiger partial charge in [-0.3, -0.25) is 4.79 Å². The number of amides is 1. The second kappa shape index (κ2) is 5.53. The average molecular weight is 309 g/mol. The number of carbonyl (C=O) groups is 1. The summed E-state index contributed by atoms with van der Waals surface area (Å²) >= 11 is 0. The highest BCUT2D eigenvalue weighted by Gasteiger charge is 2.25. The number of likely N-dealkylation sites (tertiary alicyclic amines) is 1. The van der Waals surface area contributed by atoms with Crippen LogP contribution in [0.3, 0.4) is 0 Å². The molecule has 3 aromatic rings. The molecule has 1 saturated heterocycles. The number of carbonyl (C=O) groups excluding carboxylic acids is 1. The van der Waals surface area contributed by atoms with Gasteiger partial charge in [-0.1, -0.05) is 0 Å². The largest absolute Gasteiger partial charge is 0.348 e. The Morgan fingerprint density at radius 1 is 1.26 bits per heavy atom. The number of H-pyrrole nitrogens is 1. The van der Waals surface area contributed by atoms with Crippen molar-refractivity contribution in [1.29, 1.82) is 0 Å².